The van der Waals surface area contributed by atoms with Crippen LogP contribution in [0.1, 0.15) is 37.3 Å². The van der Waals surface area contributed by atoms with Gasteiger partial charge in [0.25, 0.3) is 0 Å². The first-order chi connectivity index (χ1) is 8.74. The Morgan fingerprint density at radius 1 is 1.39 bits per heavy atom. The van der Waals surface area contributed by atoms with Gasteiger partial charge in [-0.25, -0.2) is 0 Å². The lowest BCUT2D eigenvalue weighted by Gasteiger charge is -2.19. The van der Waals surface area contributed by atoms with Crippen molar-refractivity contribution in [3.63, 3.8) is 0 Å². The Hall–Kier alpha value is -1.02. The van der Waals surface area contributed by atoms with E-state index >= 15 is 0 Å². The number of benzene rings is 1. The SMILES string of the molecule is CC(C(N)CCc1ccc2c(c1)CCO2)C1CC1. The molecule has 0 saturated heterocycles. The van der Waals surface area contributed by atoms with Crippen molar-refractivity contribution in [2.24, 2.45) is 17.6 Å². The molecule has 1 aliphatic heterocycles. The van der Waals surface area contributed by atoms with Crippen LogP contribution in [0.25, 0.3) is 0 Å². The van der Waals surface area contributed by atoms with Gasteiger partial charge in [-0.3, -0.25) is 0 Å². The molecule has 1 fully saturated rings. The number of ether oxygens (including phenoxy) is 1. The minimum absolute atomic E-state index is 0.363. The van der Waals surface area contributed by atoms with Gasteiger partial charge in [0.1, 0.15) is 5.75 Å². The van der Waals surface area contributed by atoms with Crippen molar-refractivity contribution in [1.82, 2.24) is 0 Å². The van der Waals surface area contributed by atoms with Crippen molar-refractivity contribution in [1.29, 1.82) is 0 Å². The third-order valence-corrected chi connectivity index (χ3v) is 4.56. The third kappa shape index (κ3) is 2.54. The number of nitrogens with two attached hydrogens (primary N) is 1. The van der Waals surface area contributed by atoms with Gasteiger partial charge < -0.3 is 10.5 Å². The summed E-state index contributed by atoms with van der Waals surface area (Å²) in [7, 11) is 0. The molecule has 1 saturated carbocycles. The number of rotatable bonds is 5. The maximum atomic E-state index is 6.29. The molecule has 0 amide bonds. The van der Waals surface area contributed by atoms with Crippen LogP contribution in [0.15, 0.2) is 18.2 Å². The van der Waals surface area contributed by atoms with Gasteiger partial charge in [0.05, 0.1) is 6.61 Å². The Bertz CT molecular complexity index is 425. The van der Waals surface area contributed by atoms with E-state index in [1.54, 1.807) is 0 Å². The van der Waals surface area contributed by atoms with E-state index in [9.17, 15) is 0 Å². The molecule has 2 unspecified atom stereocenters. The third-order valence-electron chi connectivity index (χ3n) is 4.56. The Kier molecular flexibility index (Phi) is 3.29. The molecule has 0 aromatic heterocycles. The molecule has 0 bridgehead atoms. The van der Waals surface area contributed by atoms with Crippen LogP contribution in [0.5, 0.6) is 5.75 Å². The smallest absolute Gasteiger partial charge is 0.122 e. The number of hydrogen-bond acceptors (Lipinski definition) is 2. The van der Waals surface area contributed by atoms with Gasteiger partial charge in [0, 0.05) is 12.5 Å². The van der Waals surface area contributed by atoms with E-state index in [-0.39, 0.29) is 0 Å². The molecule has 0 spiro atoms. The molecule has 2 aliphatic rings. The van der Waals surface area contributed by atoms with E-state index in [1.807, 2.05) is 0 Å². The summed E-state index contributed by atoms with van der Waals surface area (Å²) in [6.45, 7) is 3.16. The molecule has 0 radical (unpaired) electrons. The summed E-state index contributed by atoms with van der Waals surface area (Å²) < 4.78 is 5.53. The maximum Gasteiger partial charge on any atom is 0.122 e. The van der Waals surface area contributed by atoms with Crippen molar-refractivity contribution in [2.75, 3.05) is 6.61 Å². The van der Waals surface area contributed by atoms with Gasteiger partial charge in [0.15, 0.2) is 0 Å². The summed E-state index contributed by atoms with van der Waals surface area (Å²) in [6, 6.07) is 6.98. The van der Waals surface area contributed by atoms with E-state index in [1.165, 1.54) is 24.0 Å². The monoisotopic (exact) mass is 245 g/mol. The topological polar surface area (TPSA) is 35.2 Å². The van der Waals surface area contributed by atoms with Crippen LogP contribution in [0, 0.1) is 11.8 Å². The lowest BCUT2D eigenvalue weighted by atomic mass is 9.92. The highest BCUT2D eigenvalue weighted by Crippen LogP contribution is 2.38. The van der Waals surface area contributed by atoms with Crippen molar-refractivity contribution in [2.45, 2.75) is 45.1 Å². The highest BCUT2D eigenvalue weighted by molar-refractivity contribution is 5.39. The average molecular weight is 245 g/mol. The van der Waals surface area contributed by atoms with Crippen LogP contribution in [0.4, 0.5) is 0 Å². The van der Waals surface area contributed by atoms with Crippen LogP contribution in [0.2, 0.25) is 0 Å². The van der Waals surface area contributed by atoms with Gasteiger partial charge in [-0.2, -0.15) is 0 Å². The molecule has 2 heteroatoms. The number of fused-ring (bicyclic) bond motifs is 1. The Morgan fingerprint density at radius 3 is 3.00 bits per heavy atom. The fourth-order valence-corrected chi connectivity index (χ4v) is 2.96. The fourth-order valence-electron chi connectivity index (χ4n) is 2.96. The Balaban J connectivity index is 1.56. The fraction of sp³-hybridized carbons (Fsp3) is 0.625. The van der Waals surface area contributed by atoms with Crippen LogP contribution in [-0.4, -0.2) is 12.6 Å². The molecular formula is C16H23NO. The molecule has 2 nitrogen and oxygen atoms in total. The van der Waals surface area contributed by atoms with E-state index in [4.69, 9.17) is 10.5 Å². The zero-order valence-corrected chi connectivity index (χ0v) is 11.2. The zero-order chi connectivity index (χ0) is 12.5. The first kappa shape index (κ1) is 12.0. The highest BCUT2D eigenvalue weighted by atomic mass is 16.5. The highest BCUT2D eigenvalue weighted by Gasteiger charge is 2.31. The van der Waals surface area contributed by atoms with Crippen molar-refractivity contribution < 1.29 is 4.74 Å². The molecule has 1 heterocycles. The lowest BCUT2D eigenvalue weighted by Crippen LogP contribution is -2.30. The molecule has 2 N–H and O–H groups in total. The molecule has 18 heavy (non-hydrogen) atoms. The summed E-state index contributed by atoms with van der Waals surface area (Å²) >= 11 is 0. The standard InChI is InChI=1S/C16H23NO/c1-11(13-4-5-13)15(17)6-2-12-3-7-16-14(10-12)8-9-18-16/h3,7,10-11,13,15H,2,4-6,8-9,17H2,1H3. The summed E-state index contributed by atoms with van der Waals surface area (Å²) in [5, 5.41) is 0. The second kappa shape index (κ2) is 4.93. The normalized spacial score (nSPS) is 21.2. The van der Waals surface area contributed by atoms with Gasteiger partial charge in [0.2, 0.25) is 0 Å². The molecule has 1 aromatic rings. The summed E-state index contributed by atoms with van der Waals surface area (Å²) in [6.07, 6.45) is 6.06. The number of hydrogen-bond donors (Lipinski definition) is 1. The van der Waals surface area contributed by atoms with Gasteiger partial charge >= 0.3 is 0 Å². The lowest BCUT2D eigenvalue weighted by molar-refractivity contribution is 0.356. The molecule has 1 aliphatic carbocycles. The minimum atomic E-state index is 0.363. The predicted octanol–water partition coefficient (Wildman–Crippen LogP) is 2.93. The largest absolute Gasteiger partial charge is 0.493 e. The second-order valence-electron chi connectivity index (χ2n) is 5.94. The molecule has 1 aromatic carbocycles. The minimum Gasteiger partial charge on any atom is -0.493 e. The molecule has 2 atom stereocenters. The van der Waals surface area contributed by atoms with Gasteiger partial charge in [-0.05, 0) is 54.7 Å². The van der Waals surface area contributed by atoms with Crippen LogP contribution in [-0.2, 0) is 12.8 Å². The number of aryl methyl sites for hydroxylation is 1. The van der Waals surface area contributed by atoms with Crippen molar-refractivity contribution in [3.05, 3.63) is 29.3 Å². The molecule has 98 valence electrons. The first-order valence-electron chi connectivity index (χ1n) is 7.24. The van der Waals surface area contributed by atoms with Crippen LogP contribution < -0.4 is 10.5 Å². The van der Waals surface area contributed by atoms with E-state index < -0.39 is 0 Å². The quantitative estimate of drug-likeness (QED) is 0.865. The average Bonchev–Trinajstić information content (AvgIpc) is 3.13. The van der Waals surface area contributed by atoms with Gasteiger partial charge in [-0.1, -0.05) is 19.1 Å². The van der Waals surface area contributed by atoms with Crippen LogP contribution in [0.3, 0.4) is 0 Å². The van der Waals surface area contributed by atoms with Gasteiger partial charge in [-0.15, -0.1) is 0 Å². The maximum absolute atomic E-state index is 6.29. The second-order valence-corrected chi connectivity index (χ2v) is 5.94. The summed E-state index contributed by atoms with van der Waals surface area (Å²) in [4.78, 5) is 0. The molecule has 3 rings (SSSR count). The van der Waals surface area contributed by atoms with Crippen molar-refractivity contribution >= 4 is 0 Å². The Labute approximate surface area is 110 Å². The first-order valence-corrected chi connectivity index (χ1v) is 7.24. The van der Waals surface area contributed by atoms with E-state index in [2.05, 4.69) is 25.1 Å². The van der Waals surface area contributed by atoms with Crippen molar-refractivity contribution in [3.8, 4) is 5.75 Å². The summed E-state index contributed by atoms with van der Waals surface area (Å²) in [5.41, 5.74) is 9.08. The van der Waals surface area contributed by atoms with E-state index in [0.717, 1.165) is 37.5 Å². The predicted molar refractivity (Wildman–Crippen MR) is 73.8 cm³/mol. The zero-order valence-electron chi connectivity index (χ0n) is 11.2. The molecular weight excluding hydrogens is 222 g/mol. The van der Waals surface area contributed by atoms with E-state index in [0.29, 0.717) is 12.0 Å². The Morgan fingerprint density at radius 2 is 2.22 bits per heavy atom. The summed E-state index contributed by atoms with van der Waals surface area (Å²) in [5.74, 6) is 2.69. The van der Waals surface area contributed by atoms with Crippen LogP contribution >= 0.6 is 0 Å².